The summed E-state index contributed by atoms with van der Waals surface area (Å²) in [7, 11) is 0. The largest absolute Gasteiger partial charge is 0.418 e. The first-order valence-corrected chi connectivity index (χ1v) is 6.16. The van der Waals surface area contributed by atoms with Crippen molar-refractivity contribution in [2.75, 3.05) is 11.5 Å². The molecule has 0 bridgehead atoms. The van der Waals surface area contributed by atoms with E-state index >= 15 is 0 Å². The number of aliphatic hydroxyl groups is 1. The zero-order valence-corrected chi connectivity index (χ0v) is 11.8. The van der Waals surface area contributed by atoms with Crippen LogP contribution in [0.1, 0.15) is 30.5 Å². The molecular formula is C14H15F3N2O2. The molecule has 0 aliphatic carbocycles. The minimum Gasteiger partial charge on any atom is -0.394 e. The molecular weight excluding hydrogens is 285 g/mol. The van der Waals surface area contributed by atoms with Gasteiger partial charge in [-0.15, -0.1) is 0 Å². The van der Waals surface area contributed by atoms with E-state index in [2.05, 4.69) is 0 Å². The van der Waals surface area contributed by atoms with Crippen LogP contribution in [0.4, 0.5) is 18.9 Å². The molecule has 0 heterocycles. The number of alkyl halides is 3. The Kier molecular flexibility index (Phi) is 4.97. The lowest BCUT2D eigenvalue weighted by atomic mass is 9.99. The summed E-state index contributed by atoms with van der Waals surface area (Å²) in [4.78, 5) is 12.8. The number of benzene rings is 1. The van der Waals surface area contributed by atoms with E-state index in [0.29, 0.717) is 0 Å². The normalized spacial score (nSPS) is 12.7. The van der Waals surface area contributed by atoms with Crippen molar-refractivity contribution in [3.05, 3.63) is 28.8 Å². The van der Waals surface area contributed by atoms with E-state index in [1.54, 1.807) is 0 Å². The molecule has 4 nitrogen and oxygen atoms in total. The van der Waals surface area contributed by atoms with Crippen molar-refractivity contribution in [3.8, 4) is 6.07 Å². The number of halogens is 3. The number of amides is 1. The number of aliphatic hydroxyl groups excluding tert-OH is 1. The highest BCUT2D eigenvalue weighted by molar-refractivity contribution is 5.93. The van der Waals surface area contributed by atoms with Crippen LogP contribution in [0.5, 0.6) is 0 Å². The van der Waals surface area contributed by atoms with Crippen molar-refractivity contribution in [3.63, 3.8) is 0 Å². The molecule has 7 heteroatoms. The molecule has 0 aliphatic rings. The van der Waals surface area contributed by atoms with Crippen LogP contribution in [0.25, 0.3) is 0 Å². The van der Waals surface area contributed by atoms with Crippen LogP contribution in [-0.4, -0.2) is 23.7 Å². The molecule has 0 spiro atoms. The molecule has 0 aliphatic heterocycles. The second-order valence-electron chi connectivity index (χ2n) is 4.66. The molecule has 1 atom stereocenters. The van der Waals surface area contributed by atoms with E-state index in [0.717, 1.165) is 11.0 Å². The van der Waals surface area contributed by atoms with E-state index in [4.69, 9.17) is 10.4 Å². The van der Waals surface area contributed by atoms with Crippen molar-refractivity contribution in [1.29, 1.82) is 5.26 Å². The third-order valence-corrected chi connectivity index (χ3v) is 3.14. The molecule has 1 N–H and O–H groups in total. The van der Waals surface area contributed by atoms with Crippen LogP contribution in [-0.2, 0) is 11.0 Å². The summed E-state index contributed by atoms with van der Waals surface area (Å²) in [5.74, 6) is -0.488. The molecule has 1 unspecified atom stereocenters. The number of carbonyl (C=O) groups excluding carboxylic acids is 1. The van der Waals surface area contributed by atoms with Gasteiger partial charge < -0.3 is 10.0 Å². The van der Waals surface area contributed by atoms with Crippen LogP contribution in [0.3, 0.4) is 0 Å². The maximum Gasteiger partial charge on any atom is 0.418 e. The molecule has 1 aromatic carbocycles. The molecule has 0 saturated heterocycles. The van der Waals surface area contributed by atoms with Crippen LogP contribution < -0.4 is 4.90 Å². The van der Waals surface area contributed by atoms with Gasteiger partial charge in [-0.25, -0.2) is 0 Å². The number of carbonyl (C=O) groups is 1. The van der Waals surface area contributed by atoms with E-state index in [1.165, 1.54) is 32.9 Å². The fourth-order valence-electron chi connectivity index (χ4n) is 2.22. The molecule has 1 amide bonds. The Morgan fingerprint density at radius 2 is 2.05 bits per heavy atom. The summed E-state index contributed by atoms with van der Waals surface area (Å²) >= 11 is 0. The van der Waals surface area contributed by atoms with E-state index < -0.39 is 29.3 Å². The predicted molar refractivity (Wildman–Crippen MR) is 70.6 cm³/mol. The van der Waals surface area contributed by atoms with Gasteiger partial charge in [-0.05, 0) is 31.5 Å². The highest BCUT2D eigenvalue weighted by Gasteiger charge is 2.37. The second kappa shape index (κ2) is 6.14. The lowest BCUT2D eigenvalue weighted by Gasteiger charge is -2.29. The zero-order chi connectivity index (χ0) is 16.4. The van der Waals surface area contributed by atoms with Gasteiger partial charge in [0, 0.05) is 12.6 Å². The van der Waals surface area contributed by atoms with E-state index in [1.807, 2.05) is 0 Å². The molecule has 1 aromatic rings. The molecule has 114 valence electrons. The van der Waals surface area contributed by atoms with Crippen LogP contribution in [0.15, 0.2) is 12.1 Å². The Hall–Kier alpha value is -2.07. The van der Waals surface area contributed by atoms with Gasteiger partial charge in [0.05, 0.1) is 29.8 Å². The standard InChI is InChI=1S/C14H15F3N2O2/c1-8(7-20)19(10(3)21)12-5-4-11(6-18)13(9(12)2)14(15,16)17/h4-5,8,20H,7H2,1-3H3. The fraction of sp³-hybridized carbons (Fsp3) is 0.429. The van der Waals surface area contributed by atoms with Gasteiger partial charge in [0.2, 0.25) is 5.91 Å². The van der Waals surface area contributed by atoms with Crippen molar-refractivity contribution < 1.29 is 23.1 Å². The lowest BCUT2D eigenvalue weighted by Crippen LogP contribution is -2.40. The zero-order valence-electron chi connectivity index (χ0n) is 11.8. The number of nitrogens with zero attached hydrogens (tertiary/aromatic N) is 2. The second-order valence-corrected chi connectivity index (χ2v) is 4.66. The smallest absolute Gasteiger partial charge is 0.394 e. The van der Waals surface area contributed by atoms with Gasteiger partial charge in [-0.2, -0.15) is 18.4 Å². The Morgan fingerprint density at radius 3 is 2.43 bits per heavy atom. The minimum atomic E-state index is -4.70. The van der Waals surface area contributed by atoms with E-state index in [9.17, 15) is 18.0 Å². The highest BCUT2D eigenvalue weighted by Crippen LogP contribution is 2.38. The van der Waals surface area contributed by atoms with Gasteiger partial charge >= 0.3 is 6.18 Å². The molecule has 0 radical (unpaired) electrons. The first-order chi connectivity index (χ1) is 9.65. The quantitative estimate of drug-likeness (QED) is 0.933. The minimum absolute atomic E-state index is 0.0374. The van der Waals surface area contributed by atoms with Crippen LogP contribution in [0.2, 0.25) is 0 Å². The third-order valence-electron chi connectivity index (χ3n) is 3.14. The number of hydrogen-bond acceptors (Lipinski definition) is 3. The molecule has 1 rings (SSSR count). The van der Waals surface area contributed by atoms with Crippen molar-refractivity contribution in [1.82, 2.24) is 0 Å². The molecule has 0 fully saturated rings. The molecule has 21 heavy (non-hydrogen) atoms. The maximum atomic E-state index is 13.1. The van der Waals surface area contributed by atoms with Gasteiger partial charge in [-0.1, -0.05) is 0 Å². The Balaban J connectivity index is 3.60. The molecule has 0 aromatic heterocycles. The lowest BCUT2D eigenvalue weighted by molar-refractivity contribution is -0.138. The summed E-state index contributed by atoms with van der Waals surface area (Å²) in [6.07, 6.45) is -4.70. The summed E-state index contributed by atoms with van der Waals surface area (Å²) in [6.45, 7) is 3.54. The summed E-state index contributed by atoms with van der Waals surface area (Å²) in [6, 6.07) is 3.16. The summed E-state index contributed by atoms with van der Waals surface area (Å²) < 4.78 is 39.4. The van der Waals surface area contributed by atoms with Gasteiger partial charge in [0.25, 0.3) is 0 Å². The number of anilines is 1. The number of rotatable bonds is 3. The van der Waals surface area contributed by atoms with E-state index in [-0.39, 0.29) is 17.9 Å². The first-order valence-electron chi connectivity index (χ1n) is 6.16. The Bertz CT molecular complexity index is 591. The van der Waals surface area contributed by atoms with Crippen LogP contribution >= 0.6 is 0 Å². The monoisotopic (exact) mass is 300 g/mol. The fourth-order valence-corrected chi connectivity index (χ4v) is 2.22. The molecule has 0 saturated carbocycles. The predicted octanol–water partition coefficient (Wildman–Crippen LogP) is 2.62. The summed E-state index contributed by atoms with van der Waals surface area (Å²) in [5.41, 5.74) is -1.73. The number of hydrogen-bond donors (Lipinski definition) is 1. The highest BCUT2D eigenvalue weighted by atomic mass is 19.4. The van der Waals surface area contributed by atoms with Gasteiger partial charge in [0.1, 0.15) is 0 Å². The first kappa shape index (κ1) is 17.0. The average Bonchev–Trinajstić information content (AvgIpc) is 2.38. The Morgan fingerprint density at radius 1 is 1.48 bits per heavy atom. The van der Waals surface area contributed by atoms with Crippen molar-refractivity contribution in [2.45, 2.75) is 33.0 Å². The van der Waals surface area contributed by atoms with Gasteiger partial charge in [-0.3, -0.25) is 4.79 Å². The Labute approximate surface area is 120 Å². The van der Waals surface area contributed by atoms with Crippen molar-refractivity contribution >= 4 is 11.6 Å². The van der Waals surface area contributed by atoms with Crippen molar-refractivity contribution in [2.24, 2.45) is 0 Å². The maximum absolute atomic E-state index is 13.1. The van der Waals surface area contributed by atoms with Crippen LogP contribution in [0, 0.1) is 18.3 Å². The number of nitriles is 1. The SMILES string of the molecule is CC(=O)N(c1ccc(C#N)c(C(F)(F)F)c1C)C(C)CO. The summed E-state index contributed by atoms with van der Waals surface area (Å²) in [5, 5.41) is 18.0. The topological polar surface area (TPSA) is 64.3 Å². The van der Waals surface area contributed by atoms with Gasteiger partial charge in [0.15, 0.2) is 0 Å². The third kappa shape index (κ3) is 3.34. The average molecular weight is 300 g/mol.